The zero-order valence-corrected chi connectivity index (χ0v) is 19.5. The van der Waals surface area contributed by atoms with Crippen molar-refractivity contribution in [3.63, 3.8) is 0 Å². The van der Waals surface area contributed by atoms with Gasteiger partial charge >= 0.3 is 0 Å². The monoisotopic (exact) mass is 457 g/mol. The summed E-state index contributed by atoms with van der Waals surface area (Å²) in [4.78, 5) is 24.5. The standard InChI is InChI=1S/C28H31N3O3/c1-2-3-4-5-9-20-34-26-18-12-22(13-19-26)21-29-31-28(33)24-14-16-25(17-15-24)30-27(32)23-10-7-6-8-11-23/h6-8,10-19,21H,2-5,9,20H2,1H3,(H,30,32)(H,31,33)/b29-21+. The van der Waals surface area contributed by atoms with Crippen molar-refractivity contribution in [3.05, 3.63) is 95.6 Å². The predicted octanol–water partition coefficient (Wildman–Crippen LogP) is 6.05. The first kappa shape index (κ1) is 24.7. The number of carbonyl (C=O) groups is 2. The van der Waals surface area contributed by atoms with E-state index < -0.39 is 0 Å². The number of hydrogen-bond acceptors (Lipinski definition) is 4. The fourth-order valence-electron chi connectivity index (χ4n) is 3.27. The molecule has 2 amide bonds. The molecule has 0 unspecified atom stereocenters. The third-order valence-corrected chi connectivity index (χ3v) is 5.22. The SMILES string of the molecule is CCCCCCCOc1ccc(/C=N/NC(=O)c2ccc(NC(=O)c3ccccc3)cc2)cc1. The number of ether oxygens (including phenoxy) is 1. The number of hydrazone groups is 1. The molecule has 0 atom stereocenters. The Hall–Kier alpha value is -3.93. The summed E-state index contributed by atoms with van der Waals surface area (Å²) in [5, 5.41) is 6.83. The van der Waals surface area contributed by atoms with Crippen LogP contribution in [-0.2, 0) is 0 Å². The highest BCUT2D eigenvalue weighted by Crippen LogP contribution is 2.13. The van der Waals surface area contributed by atoms with Crippen LogP contribution in [0, 0.1) is 0 Å². The van der Waals surface area contributed by atoms with E-state index in [0.717, 1.165) is 24.3 Å². The van der Waals surface area contributed by atoms with Gasteiger partial charge in [-0.05, 0) is 72.6 Å². The molecule has 0 saturated heterocycles. The van der Waals surface area contributed by atoms with Crippen molar-refractivity contribution < 1.29 is 14.3 Å². The lowest BCUT2D eigenvalue weighted by Gasteiger charge is -2.06. The normalized spacial score (nSPS) is 10.7. The summed E-state index contributed by atoms with van der Waals surface area (Å²) in [6.45, 7) is 2.93. The van der Waals surface area contributed by atoms with E-state index in [4.69, 9.17) is 4.74 Å². The largest absolute Gasteiger partial charge is 0.494 e. The molecule has 0 saturated carbocycles. The van der Waals surface area contributed by atoms with Crippen LogP contribution in [0.1, 0.15) is 65.3 Å². The number of nitrogens with zero attached hydrogens (tertiary/aromatic N) is 1. The Labute approximate surface area is 201 Å². The summed E-state index contributed by atoms with van der Waals surface area (Å²) in [7, 11) is 0. The predicted molar refractivity (Wildman–Crippen MR) is 137 cm³/mol. The van der Waals surface area contributed by atoms with Crippen LogP contribution in [0.5, 0.6) is 5.75 Å². The zero-order chi connectivity index (χ0) is 24.0. The lowest BCUT2D eigenvalue weighted by Crippen LogP contribution is -2.17. The molecule has 2 N–H and O–H groups in total. The Morgan fingerprint density at radius 2 is 1.47 bits per heavy atom. The van der Waals surface area contributed by atoms with Gasteiger partial charge in [-0.25, -0.2) is 5.43 Å². The van der Waals surface area contributed by atoms with Crippen LogP contribution in [0.25, 0.3) is 0 Å². The van der Waals surface area contributed by atoms with Crippen LogP contribution < -0.4 is 15.5 Å². The molecule has 0 heterocycles. The van der Waals surface area contributed by atoms with E-state index in [9.17, 15) is 9.59 Å². The van der Waals surface area contributed by atoms with Gasteiger partial charge in [0.05, 0.1) is 12.8 Å². The van der Waals surface area contributed by atoms with Gasteiger partial charge in [0, 0.05) is 16.8 Å². The smallest absolute Gasteiger partial charge is 0.271 e. The van der Waals surface area contributed by atoms with Gasteiger partial charge in [0.25, 0.3) is 11.8 Å². The molecule has 0 bridgehead atoms. The summed E-state index contributed by atoms with van der Waals surface area (Å²) in [6.07, 6.45) is 7.63. The second-order valence-electron chi connectivity index (χ2n) is 7.93. The van der Waals surface area contributed by atoms with E-state index in [0.29, 0.717) is 16.8 Å². The molecule has 0 aliphatic heterocycles. The first-order valence-corrected chi connectivity index (χ1v) is 11.7. The molecular formula is C28H31N3O3. The number of rotatable bonds is 12. The minimum Gasteiger partial charge on any atom is -0.494 e. The molecule has 0 aliphatic rings. The molecule has 0 aliphatic carbocycles. The third-order valence-electron chi connectivity index (χ3n) is 5.22. The Morgan fingerprint density at radius 1 is 0.794 bits per heavy atom. The summed E-state index contributed by atoms with van der Waals surface area (Å²) in [5.74, 6) is 0.294. The molecule has 0 spiro atoms. The first-order valence-electron chi connectivity index (χ1n) is 11.7. The van der Waals surface area contributed by atoms with E-state index in [1.165, 1.54) is 25.7 Å². The first-order chi connectivity index (χ1) is 16.7. The molecule has 176 valence electrons. The maximum atomic E-state index is 12.3. The maximum Gasteiger partial charge on any atom is 0.271 e. The van der Waals surface area contributed by atoms with E-state index >= 15 is 0 Å². The highest BCUT2D eigenvalue weighted by Gasteiger charge is 2.07. The van der Waals surface area contributed by atoms with Crippen molar-refractivity contribution in [2.45, 2.75) is 39.0 Å². The van der Waals surface area contributed by atoms with Crippen molar-refractivity contribution in [3.8, 4) is 5.75 Å². The Balaban J connectivity index is 1.42. The van der Waals surface area contributed by atoms with Crippen LogP contribution in [0.2, 0.25) is 0 Å². The second kappa shape index (κ2) is 13.6. The van der Waals surface area contributed by atoms with Gasteiger partial charge < -0.3 is 10.1 Å². The topological polar surface area (TPSA) is 79.8 Å². The maximum absolute atomic E-state index is 12.3. The Bertz CT molecular complexity index is 1060. The van der Waals surface area contributed by atoms with E-state index in [-0.39, 0.29) is 11.8 Å². The molecule has 0 aromatic heterocycles. The summed E-state index contributed by atoms with van der Waals surface area (Å²) < 4.78 is 5.76. The average molecular weight is 458 g/mol. The minimum absolute atomic E-state index is 0.203. The van der Waals surface area contributed by atoms with Gasteiger partial charge in [-0.2, -0.15) is 5.10 Å². The summed E-state index contributed by atoms with van der Waals surface area (Å²) in [6, 6.07) is 23.2. The van der Waals surface area contributed by atoms with Gasteiger partial charge in [-0.1, -0.05) is 50.8 Å². The Morgan fingerprint density at radius 3 is 2.18 bits per heavy atom. The lowest BCUT2D eigenvalue weighted by atomic mass is 10.1. The van der Waals surface area contributed by atoms with Gasteiger partial charge in [0.15, 0.2) is 0 Å². The average Bonchev–Trinajstić information content (AvgIpc) is 2.88. The lowest BCUT2D eigenvalue weighted by molar-refractivity contribution is 0.0954. The quantitative estimate of drug-likeness (QED) is 0.197. The Kier molecular flexibility index (Phi) is 9.87. The van der Waals surface area contributed by atoms with Crippen LogP contribution in [0.15, 0.2) is 84.0 Å². The third kappa shape index (κ3) is 8.20. The molecule has 6 heteroatoms. The number of hydrogen-bond donors (Lipinski definition) is 2. The van der Waals surface area contributed by atoms with Crippen LogP contribution >= 0.6 is 0 Å². The molecule has 0 radical (unpaired) electrons. The fraction of sp³-hybridized carbons (Fsp3) is 0.250. The zero-order valence-electron chi connectivity index (χ0n) is 19.5. The van der Waals surface area contributed by atoms with Gasteiger partial charge in [-0.3, -0.25) is 9.59 Å². The van der Waals surface area contributed by atoms with Crippen molar-refractivity contribution in [1.29, 1.82) is 0 Å². The van der Waals surface area contributed by atoms with Crippen LogP contribution in [-0.4, -0.2) is 24.6 Å². The highest BCUT2D eigenvalue weighted by molar-refractivity contribution is 6.04. The van der Waals surface area contributed by atoms with E-state index in [2.05, 4.69) is 22.8 Å². The van der Waals surface area contributed by atoms with Crippen molar-refractivity contribution in [2.75, 3.05) is 11.9 Å². The second-order valence-corrected chi connectivity index (χ2v) is 7.93. The van der Waals surface area contributed by atoms with Gasteiger partial charge in [-0.15, -0.1) is 0 Å². The molecule has 6 nitrogen and oxygen atoms in total. The molecule has 34 heavy (non-hydrogen) atoms. The van der Waals surface area contributed by atoms with E-state index in [1.54, 1.807) is 42.6 Å². The number of amides is 2. The fourth-order valence-corrected chi connectivity index (χ4v) is 3.27. The molecule has 3 aromatic carbocycles. The van der Waals surface area contributed by atoms with Gasteiger partial charge in [0.2, 0.25) is 0 Å². The number of unbranched alkanes of at least 4 members (excludes halogenated alkanes) is 4. The van der Waals surface area contributed by atoms with Crippen molar-refractivity contribution in [1.82, 2.24) is 5.43 Å². The molecule has 0 fully saturated rings. The number of benzene rings is 3. The minimum atomic E-state index is -0.333. The summed E-state index contributed by atoms with van der Waals surface area (Å²) in [5.41, 5.74) is 5.00. The number of nitrogens with one attached hydrogen (secondary N) is 2. The molecule has 3 rings (SSSR count). The van der Waals surface area contributed by atoms with E-state index in [1.807, 2.05) is 42.5 Å². The van der Waals surface area contributed by atoms with Crippen molar-refractivity contribution in [2.24, 2.45) is 5.10 Å². The van der Waals surface area contributed by atoms with Crippen molar-refractivity contribution >= 4 is 23.7 Å². The van der Waals surface area contributed by atoms with Crippen LogP contribution in [0.3, 0.4) is 0 Å². The van der Waals surface area contributed by atoms with Crippen LogP contribution in [0.4, 0.5) is 5.69 Å². The molecular weight excluding hydrogens is 426 g/mol. The highest BCUT2D eigenvalue weighted by atomic mass is 16.5. The number of anilines is 1. The summed E-state index contributed by atoms with van der Waals surface area (Å²) >= 11 is 0. The molecule has 3 aromatic rings. The number of carbonyl (C=O) groups excluding carboxylic acids is 2. The van der Waals surface area contributed by atoms with Gasteiger partial charge in [0.1, 0.15) is 5.75 Å².